The Bertz CT molecular complexity index is 487. The summed E-state index contributed by atoms with van der Waals surface area (Å²) in [6.07, 6.45) is 5.51. The third kappa shape index (κ3) is 2.18. The molecule has 1 aromatic rings. The molecule has 1 saturated heterocycles. The summed E-state index contributed by atoms with van der Waals surface area (Å²) in [7, 11) is 3.80. The number of rotatable bonds is 3. The molecule has 2 heterocycles. The van der Waals surface area contributed by atoms with Crippen LogP contribution >= 0.6 is 0 Å². The lowest BCUT2D eigenvalue weighted by atomic mass is 9.79. The van der Waals surface area contributed by atoms with Crippen LogP contribution in [-0.4, -0.2) is 51.2 Å². The molecule has 0 bridgehead atoms. The average molecular weight is 279 g/mol. The van der Waals surface area contributed by atoms with E-state index in [1.54, 1.807) is 0 Å². The van der Waals surface area contributed by atoms with Crippen LogP contribution in [0.2, 0.25) is 0 Å². The molecule has 0 aromatic carbocycles. The highest BCUT2D eigenvalue weighted by Gasteiger charge is 2.50. The lowest BCUT2D eigenvalue weighted by Gasteiger charge is -2.42. The summed E-state index contributed by atoms with van der Waals surface area (Å²) in [5.74, 6) is 0. The third-order valence-electron chi connectivity index (χ3n) is 5.38. The first-order valence-corrected chi connectivity index (χ1v) is 7.50. The molecule has 0 spiro atoms. The van der Waals surface area contributed by atoms with E-state index in [4.69, 9.17) is 4.74 Å². The predicted octanol–water partition coefficient (Wildman–Crippen LogP) is 1.23. The van der Waals surface area contributed by atoms with Crippen molar-refractivity contribution >= 4 is 0 Å². The Morgan fingerprint density at radius 3 is 2.95 bits per heavy atom. The number of hydrogen-bond acceptors (Lipinski definition) is 4. The minimum Gasteiger partial charge on any atom is -0.393 e. The normalized spacial score (nSPS) is 34.4. The highest BCUT2D eigenvalue weighted by molar-refractivity contribution is 5.17. The molecule has 0 unspecified atom stereocenters. The number of aromatic nitrogens is 2. The lowest BCUT2D eigenvalue weighted by molar-refractivity contribution is -0.0879. The molecule has 1 N–H and O–H groups in total. The number of fused-ring (bicyclic) bond motifs is 1. The zero-order chi connectivity index (χ0) is 14.3. The van der Waals surface area contributed by atoms with Crippen LogP contribution in [0.5, 0.6) is 0 Å². The van der Waals surface area contributed by atoms with E-state index < -0.39 is 0 Å². The van der Waals surface area contributed by atoms with Crippen molar-refractivity contribution in [2.75, 3.05) is 13.7 Å². The number of aryl methyl sites for hydroxylation is 1. The predicted molar refractivity (Wildman–Crippen MR) is 76.4 cm³/mol. The molecule has 3 rings (SSSR count). The fraction of sp³-hybridized carbons (Fsp3) is 0.800. The molecule has 1 aliphatic carbocycles. The van der Waals surface area contributed by atoms with Gasteiger partial charge >= 0.3 is 0 Å². The average Bonchev–Trinajstić information content (AvgIpc) is 2.95. The molecule has 5 heteroatoms. The van der Waals surface area contributed by atoms with Gasteiger partial charge in [0.25, 0.3) is 0 Å². The maximum atomic E-state index is 10.0. The summed E-state index contributed by atoms with van der Waals surface area (Å²) >= 11 is 0. The van der Waals surface area contributed by atoms with Gasteiger partial charge in [0.05, 0.1) is 17.9 Å². The number of nitrogens with zero attached hydrogens (tertiary/aromatic N) is 3. The molecule has 1 aromatic heterocycles. The molecule has 0 amide bonds. The monoisotopic (exact) mass is 279 g/mol. The maximum Gasteiger partial charge on any atom is 0.0847 e. The van der Waals surface area contributed by atoms with Gasteiger partial charge in [0.15, 0.2) is 0 Å². The Labute approximate surface area is 120 Å². The van der Waals surface area contributed by atoms with E-state index in [9.17, 15) is 5.11 Å². The van der Waals surface area contributed by atoms with Crippen molar-refractivity contribution in [3.8, 4) is 0 Å². The number of hydrogen-bond donors (Lipinski definition) is 1. The van der Waals surface area contributed by atoms with Crippen molar-refractivity contribution in [3.05, 3.63) is 17.5 Å². The molecule has 0 radical (unpaired) electrons. The van der Waals surface area contributed by atoms with Gasteiger partial charge in [0, 0.05) is 44.5 Å². The summed E-state index contributed by atoms with van der Waals surface area (Å²) in [4.78, 5) is 2.47. The standard InChI is InChI=1S/C15H25N3O2/c1-11-12(9-16-17(11)2)10-18-7-6-15(20-3)5-4-13(19)8-14(15)18/h9,13-14,19H,4-8,10H2,1-3H3/t13-,14-,15+/m0/s1. The summed E-state index contributed by atoms with van der Waals surface area (Å²) in [6, 6.07) is 0.329. The zero-order valence-corrected chi connectivity index (χ0v) is 12.7. The minimum atomic E-state index is -0.182. The van der Waals surface area contributed by atoms with Crippen LogP contribution in [0.25, 0.3) is 0 Å². The van der Waals surface area contributed by atoms with Gasteiger partial charge in [-0.3, -0.25) is 9.58 Å². The van der Waals surface area contributed by atoms with E-state index in [-0.39, 0.29) is 11.7 Å². The first-order chi connectivity index (χ1) is 9.55. The molecule has 3 atom stereocenters. The second-order valence-corrected chi connectivity index (χ2v) is 6.31. The van der Waals surface area contributed by atoms with Crippen molar-refractivity contribution in [2.24, 2.45) is 7.05 Å². The quantitative estimate of drug-likeness (QED) is 0.904. The number of likely N-dealkylation sites (tertiary alicyclic amines) is 1. The van der Waals surface area contributed by atoms with Crippen LogP contribution < -0.4 is 0 Å². The van der Waals surface area contributed by atoms with Gasteiger partial charge in [0.2, 0.25) is 0 Å². The van der Waals surface area contributed by atoms with Crippen LogP contribution in [0.1, 0.15) is 36.9 Å². The van der Waals surface area contributed by atoms with Crippen molar-refractivity contribution in [3.63, 3.8) is 0 Å². The molecule has 112 valence electrons. The summed E-state index contributed by atoms with van der Waals surface area (Å²) in [5, 5.41) is 14.3. The molecular formula is C15H25N3O2. The first kappa shape index (κ1) is 14.0. The van der Waals surface area contributed by atoms with Gasteiger partial charge < -0.3 is 9.84 Å². The van der Waals surface area contributed by atoms with Crippen LogP contribution in [0, 0.1) is 6.92 Å². The molecule has 1 saturated carbocycles. The Morgan fingerprint density at radius 2 is 2.30 bits per heavy atom. The van der Waals surface area contributed by atoms with Gasteiger partial charge in [-0.15, -0.1) is 0 Å². The van der Waals surface area contributed by atoms with Gasteiger partial charge in [-0.25, -0.2) is 0 Å². The van der Waals surface area contributed by atoms with E-state index in [1.165, 1.54) is 11.3 Å². The largest absolute Gasteiger partial charge is 0.393 e. The Kier molecular flexibility index (Phi) is 3.60. The van der Waals surface area contributed by atoms with Gasteiger partial charge in [-0.05, 0) is 32.6 Å². The SMILES string of the molecule is CO[C@@]12CC[C@H](O)C[C@@H]1N(Cc1cnn(C)c1C)CC2. The van der Waals surface area contributed by atoms with Crippen LogP contribution in [0.4, 0.5) is 0 Å². The number of methoxy groups -OCH3 is 1. The topological polar surface area (TPSA) is 50.5 Å². The second-order valence-electron chi connectivity index (χ2n) is 6.31. The number of ether oxygens (including phenoxy) is 1. The summed E-state index contributed by atoms with van der Waals surface area (Å²) in [5.41, 5.74) is 2.45. The molecule has 1 aliphatic heterocycles. The van der Waals surface area contributed by atoms with E-state index in [1.807, 2.05) is 25.0 Å². The second kappa shape index (κ2) is 5.13. The zero-order valence-electron chi connectivity index (χ0n) is 12.7. The number of aliphatic hydroxyl groups excluding tert-OH is 1. The van der Waals surface area contributed by atoms with Crippen LogP contribution in [0.3, 0.4) is 0 Å². The summed E-state index contributed by atoms with van der Waals surface area (Å²) < 4.78 is 7.80. The fourth-order valence-electron chi connectivity index (χ4n) is 3.88. The van der Waals surface area contributed by atoms with E-state index in [2.05, 4.69) is 16.9 Å². The van der Waals surface area contributed by atoms with E-state index in [0.29, 0.717) is 6.04 Å². The maximum absolute atomic E-state index is 10.0. The molecule has 5 nitrogen and oxygen atoms in total. The highest BCUT2D eigenvalue weighted by Crippen LogP contribution is 2.43. The van der Waals surface area contributed by atoms with Crippen molar-refractivity contribution in [2.45, 2.75) is 56.9 Å². The van der Waals surface area contributed by atoms with E-state index >= 15 is 0 Å². The first-order valence-electron chi connectivity index (χ1n) is 7.50. The Hall–Kier alpha value is -0.910. The van der Waals surface area contributed by atoms with Crippen LogP contribution in [-0.2, 0) is 18.3 Å². The third-order valence-corrected chi connectivity index (χ3v) is 5.38. The highest BCUT2D eigenvalue weighted by atomic mass is 16.5. The fourth-order valence-corrected chi connectivity index (χ4v) is 3.88. The van der Waals surface area contributed by atoms with Crippen LogP contribution in [0.15, 0.2) is 6.20 Å². The van der Waals surface area contributed by atoms with Gasteiger partial charge in [0.1, 0.15) is 0 Å². The minimum absolute atomic E-state index is 0.0463. The summed E-state index contributed by atoms with van der Waals surface area (Å²) in [6.45, 7) is 4.05. The van der Waals surface area contributed by atoms with Crippen molar-refractivity contribution in [1.29, 1.82) is 0 Å². The number of aliphatic hydroxyl groups is 1. The molecular weight excluding hydrogens is 254 g/mol. The van der Waals surface area contributed by atoms with Gasteiger partial charge in [-0.1, -0.05) is 0 Å². The smallest absolute Gasteiger partial charge is 0.0847 e. The Morgan fingerprint density at radius 1 is 1.50 bits per heavy atom. The Balaban J connectivity index is 1.79. The molecule has 2 fully saturated rings. The van der Waals surface area contributed by atoms with Crippen molar-refractivity contribution < 1.29 is 9.84 Å². The van der Waals surface area contributed by atoms with Gasteiger partial charge in [-0.2, -0.15) is 5.10 Å². The molecule has 2 aliphatic rings. The molecule has 20 heavy (non-hydrogen) atoms. The lowest BCUT2D eigenvalue weighted by Crippen LogP contribution is -2.51. The van der Waals surface area contributed by atoms with E-state index in [0.717, 1.165) is 38.8 Å². The van der Waals surface area contributed by atoms with Crippen molar-refractivity contribution in [1.82, 2.24) is 14.7 Å².